The lowest BCUT2D eigenvalue weighted by Crippen LogP contribution is -1.94. The summed E-state index contributed by atoms with van der Waals surface area (Å²) in [6.07, 6.45) is 0. The highest BCUT2D eigenvalue weighted by Crippen LogP contribution is 2.33. The molecule has 102 valence electrons. The van der Waals surface area contributed by atoms with Gasteiger partial charge < -0.3 is 10.1 Å². The smallest absolute Gasteiger partial charge is 0.335 e. The van der Waals surface area contributed by atoms with E-state index in [-0.39, 0.29) is 5.56 Å². The van der Waals surface area contributed by atoms with Crippen molar-refractivity contribution in [2.45, 2.75) is 0 Å². The SMILES string of the molecule is O=C(O)c1ccc2nc(-c3csc4ccccc34)[nH]c2c1. The Hall–Kier alpha value is -2.66. The number of nitrogens with zero attached hydrogens (tertiary/aromatic N) is 1. The van der Waals surface area contributed by atoms with E-state index in [1.54, 1.807) is 29.5 Å². The van der Waals surface area contributed by atoms with Gasteiger partial charge in [-0.3, -0.25) is 0 Å². The molecule has 5 heteroatoms. The molecule has 0 fully saturated rings. The summed E-state index contributed by atoms with van der Waals surface area (Å²) < 4.78 is 1.21. The molecular formula is C16H10N2O2S. The molecule has 0 spiro atoms. The number of carbonyl (C=O) groups is 1. The van der Waals surface area contributed by atoms with Crippen molar-refractivity contribution in [2.75, 3.05) is 0 Å². The molecule has 4 nitrogen and oxygen atoms in total. The number of imidazole rings is 1. The number of aromatic carboxylic acids is 1. The summed E-state index contributed by atoms with van der Waals surface area (Å²) in [6, 6.07) is 13.1. The van der Waals surface area contributed by atoms with Gasteiger partial charge in [0.1, 0.15) is 5.82 Å². The molecule has 2 heterocycles. The molecule has 0 unspecified atom stereocenters. The Labute approximate surface area is 123 Å². The number of nitrogens with one attached hydrogen (secondary N) is 1. The molecule has 21 heavy (non-hydrogen) atoms. The van der Waals surface area contributed by atoms with Crippen LogP contribution in [0.25, 0.3) is 32.5 Å². The van der Waals surface area contributed by atoms with Gasteiger partial charge in [0, 0.05) is 21.0 Å². The first-order valence-corrected chi connectivity index (χ1v) is 7.30. The molecule has 0 aliphatic heterocycles. The van der Waals surface area contributed by atoms with Crippen molar-refractivity contribution >= 4 is 38.4 Å². The van der Waals surface area contributed by atoms with Gasteiger partial charge in [-0.1, -0.05) is 18.2 Å². The molecule has 0 aliphatic carbocycles. The first-order valence-electron chi connectivity index (χ1n) is 6.42. The molecule has 2 aromatic carbocycles. The number of hydrogen-bond acceptors (Lipinski definition) is 3. The number of carboxylic acids is 1. The van der Waals surface area contributed by atoms with Gasteiger partial charge >= 0.3 is 5.97 Å². The Kier molecular flexibility index (Phi) is 2.55. The zero-order valence-electron chi connectivity index (χ0n) is 10.8. The summed E-state index contributed by atoms with van der Waals surface area (Å²) in [5, 5.41) is 12.3. The number of thiophene rings is 1. The largest absolute Gasteiger partial charge is 0.478 e. The van der Waals surface area contributed by atoms with Crippen molar-refractivity contribution in [3.8, 4) is 11.4 Å². The quantitative estimate of drug-likeness (QED) is 0.584. The van der Waals surface area contributed by atoms with Gasteiger partial charge in [-0.05, 0) is 24.3 Å². The molecule has 4 aromatic rings. The Morgan fingerprint density at radius 3 is 2.90 bits per heavy atom. The maximum Gasteiger partial charge on any atom is 0.335 e. The Morgan fingerprint density at radius 1 is 1.19 bits per heavy atom. The monoisotopic (exact) mass is 294 g/mol. The number of fused-ring (bicyclic) bond motifs is 2. The minimum Gasteiger partial charge on any atom is -0.478 e. The van der Waals surface area contributed by atoms with Crippen LogP contribution >= 0.6 is 11.3 Å². The molecule has 0 amide bonds. The Morgan fingerprint density at radius 2 is 2.05 bits per heavy atom. The van der Waals surface area contributed by atoms with Crippen molar-refractivity contribution in [3.63, 3.8) is 0 Å². The number of aromatic amines is 1. The van der Waals surface area contributed by atoms with E-state index in [9.17, 15) is 4.79 Å². The number of aromatic nitrogens is 2. The molecule has 0 saturated carbocycles. The van der Waals surface area contributed by atoms with Gasteiger partial charge in [-0.2, -0.15) is 0 Å². The van der Waals surface area contributed by atoms with Crippen LogP contribution in [0.1, 0.15) is 10.4 Å². The van der Waals surface area contributed by atoms with E-state index in [0.29, 0.717) is 0 Å². The number of benzene rings is 2. The Bertz CT molecular complexity index is 984. The molecule has 0 bridgehead atoms. The predicted octanol–water partition coefficient (Wildman–Crippen LogP) is 4.14. The van der Waals surface area contributed by atoms with Gasteiger partial charge in [0.15, 0.2) is 0 Å². The molecule has 0 saturated heterocycles. The van der Waals surface area contributed by atoms with Crippen LogP contribution < -0.4 is 0 Å². The Balaban J connectivity index is 1.92. The first kappa shape index (κ1) is 12.1. The maximum absolute atomic E-state index is 11.0. The molecule has 0 radical (unpaired) electrons. The van der Waals surface area contributed by atoms with Crippen molar-refractivity contribution in [2.24, 2.45) is 0 Å². The van der Waals surface area contributed by atoms with Crippen LogP contribution in [0.3, 0.4) is 0 Å². The lowest BCUT2D eigenvalue weighted by atomic mass is 10.2. The lowest BCUT2D eigenvalue weighted by molar-refractivity contribution is 0.0697. The number of carboxylic acid groups (broad SMARTS) is 1. The van der Waals surface area contributed by atoms with Gasteiger partial charge in [-0.25, -0.2) is 9.78 Å². The fourth-order valence-electron chi connectivity index (χ4n) is 2.43. The standard InChI is InChI=1S/C16H10N2O2S/c19-16(20)9-5-6-12-13(7-9)18-15(17-12)11-8-21-14-4-2-1-3-10(11)14/h1-8H,(H,17,18)(H,19,20). The highest BCUT2D eigenvalue weighted by Gasteiger charge is 2.12. The van der Waals surface area contributed by atoms with Crippen LogP contribution in [-0.2, 0) is 0 Å². The highest BCUT2D eigenvalue weighted by atomic mass is 32.1. The van der Waals surface area contributed by atoms with Gasteiger partial charge in [0.2, 0.25) is 0 Å². The minimum atomic E-state index is -0.936. The minimum absolute atomic E-state index is 0.257. The van der Waals surface area contributed by atoms with E-state index in [0.717, 1.165) is 27.8 Å². The second kappa shape index (κ2) is 4.43. The van der Waals surface area contributed by atoms with Crippen molar-refractivity contribution in [1.82, 2.24) is 9.97 Å². The van der Waals surface area contributed by atoms with Crippen LogP contribution in [0.4, 0.5) is 0 Å². The summed E-state index contributed by atoms with van der Waals surface area (Å²) in [4.78, 5) is 18.8. The third-order valence-corrected chi connectivity index (χ3v) is 4.43. The number of rotatable bonds is 2. The average molecular weight is 294 g/mol. The van der Waals surface area contributed by atoms with Gasteiger partial charge in [0.05, 0.1) is 16.6 Å². The van der Waals surface area contributed by atoms with E-state index in [2.05, 4.69) is 27.5 Å². The van der Waals surface area contributed by atoms with E-state index in [4.69, 9.17) is 5.11 Å². The molecule has 0 atom stereocenters. The molecule has 2 N–H and O–H groups in total. The number of H-pyrrole nitrogens is 1. The van der Waals surface area contributed by atoms with Crippen LogP contribution in [0.2, 0.25) is 0 Å². The highest BCUT2D eigenvalue weighted by molar-refractivity contribution is 7.17. The summed E-state index contributed by atoms with van der Waals surface area (Å²) in [5.74, 6) is -0.168. The fraction of sp³-hybridized carbons (Fsp3) is 0. The third-order valence-electron chi connectivity index (χ3n) is 3.46. The van der Waals surface area contributed by atoms with Gasteiger partial charge in [0.25, 0.3) is 0 Å². The molecule has 0 aliphatic rings. The first-order chi connectivity index (χ1) is 10.2. The fourth-order valence-corrected chi connectivity index (χ4v) is 3.38. The van der Waals surface area contributed by atoms with Crippen LogP contribution in [0.5, 0.6) is 0 Å². The van der Waals surface area contributed by atoms with Crippen LogP contribution in [0.15, 0.2) is 47.8 Å². The van der Waals surface area contributed by atoms with E-state index >= 15 is 0 Å². The van der Waals surface area contributed by atoms with E-state index < -0.39 is 5.97 Å². The third kappa shape index (κ3) is 1.90. The second-order valence-corrected chi connectivity index (χ2v) is 5.68. The molecule has 2 aromatic heterocycles. The lowest BCUT2D eigenvalue weighted by Gasteiger charge is -1.93. The zero-order valence-corrected chi connectivity index (χ0v) is 11.6. The summed E-state index contributed by atoms with van der Waals surface area (Å²) in [7, 11) is 0. The van der Waals surface area contributed by atoms with Crippen molar-refractivity contribution < 1.29 is 9.90 Å². The molecular weight excluding hydrogens is 284 g/mol. The number of hydrogen-bond donors (Lipinski definition) is 2. The van der Waals surface area contributed by atoms with Crippen LogP contribution in [0, 0.1) is 0 Å². The normalized spacial score (nSPS) is 11.2. The summed E-state index contributed by atoms with van der Waals surface area (Å²) >= 11 is 1.67. The topological polar surface area (TPSA) is 66.0 Å². The predicted molar refractivity (Wildman–Crippen MR) is 83.9 cm³/mol. The summed E-state index contributed by atoms with van der Waals surface area (Å²) in [5.41, 5.74) is 2.81. The maximum atomic E-state index is 11.0. The van der Waals surface area contributed by atoms with E-state index in [1.165, 1.54) is 4.70 Å². The van der Waals surface area contributed by atoms with E-state index in [1.807, 2.05) is 12.1 Å². The summed E-state index contributed by atoms with van der Waals surface area (Å²) in [6.45, 7) is 0. The van der Waals surface area contributed by atoms with Gasteiger partial charge in [-0.15, -0.1) is 11.3 Å². The van der Waals surface area contributed by atoms with Crippen molar-refractivity contribution in [3.05, 3.63) is 53.4 Å². The van der Waals surface area contributed by atoms with Crippen molar-refractivity contribution in [1.29, 1.82) is 0 Å². The van der Waals surface area contributed by atoms with Crippen LogP contribution in [-0.4, -0.2) is 21.0 Å². The zero-order chi connectivity index (χ0) is 14.4. The average Bonchev–Trinajstić information content (AvgIpc) is 3.09. The molecule has 4 rings (SSSR count). The second-order valence-electron chi connectivity index (χ2n) is 4.77.